The van der Waals surface area contributed by atoms with Gasteiger partial charge in [-0.1, -0.05) is 30.3 Å². The first-order valence-corrected chi connectivity index (χ1v) is 8.47. The molecule has 2 heterocycles. The first-order chi connectivity index (χ1) is 11.6. The van der Waals surface area contributed by atoms with E-state index in [1.807, 2.05) is 36.9 Å². The largest absolute Gasteiger partial charge is 0.368 e. The summed E-state index contributed by atoms with van der Waals surface area (Å²) < 4.78 is 0. The minimum Gasteiger partial charge on any atom is -0.368 e. The normalized spacial score (nSPS) is 17.3. The number of carbonyl (C=O) groups is 1. The number of amides is 1. The van der Waals surface area contributed by atoms with E-state index in [-0.39, 0.29) is 5.91 Å². The number of nitrogens with zero attached hydrogens (tertiary/aromatic N) is 3. The number of likely N-dealkylation sites (tertiary alicyclic amines) is 1. The monoisotopic (exact) mass is 324 g/mol. The molecule has 1 aliphatic rings. The van der Waals surface area contributed by atoms with Crippen molar-refractivity contribution in [1.29, 1.82) is 0 Å². The fraction of sp³-hybridized carbons (Fsp3) is 0.421. The average molecular weight is 324 g/mol. The second-order valence-electron chi connectivity index (χ2n) is 6.47. The Bertz CT molecular complexity index is 702. The van der Waals surface area contributed by atoms with E-state index in [1.54, 1.807) is 6.20 Å². The maximum atomic E-state index is 12.2. The Kier molecular flexibility index (Phi) is 5.08. The highest BCUT2D eigenvalue weighted by molar-refractivity contribution is 5.78. The summed E-state index contributed by atoms with van der Waals surface area (Å²) in [6.45, 7) is 6.24. The molecule has 0 saturated carbocycles. The van der Waals surface area contributed by atoms with Crippen LogP contribution < -0.4 is 5.32 Å². The third-order valence-corrected chi connectivity index (χ3v) is 4.44. The van der Waals surface area contributed by atoms with Crippen molar-refractivity contribution in [1.82, 2.24) is 14.9 Å². The average Bonchev–Trinajstić information content (AvgIpc) is 2.95. The molecular weight excluding hydrogens is 300 g/mol. The number of hydrogen-bond donors (Lipinski definition) is 1. The third-order valence-electron chi connectivity index (χ3n) is 4.44. The zero-order chi connectivity index (χ0) is 16.9. The predicted octanol–water partition coefficient (Wildman–Crippen LogP) is 2.60. The van der Waals surface area contributed by atoms with E-state index in [2.05, 4.69) is 27.4 Å². The minimum atomic E-state index is 0.254. The number of anilines is 1. The molecule has 2 aromatic rings. The maximum absolute atomic E-state index is 12.2. The molecule has 1 saturated heterocycles. The molecule has 0 bridgehead atoms. The molecule has 1 aromatic carbocycles. The van der Waals surface area contributed by atoms with Gasteiger partial charge < -0.3 is 10.2 Å². The topological polar surface area (TPSA) is 58.1 Å². The number of rotatable bonds is 6. The SMILES string of the molecule is Cc1cnc(C)c(NCC2CC(=O)N(CCc3ccccc3)C2)n1. The lowest BCUT2D eigenvalue weighted by Crippen LogP contribution is -2.28. The van der Waals surface area contributed by atoms with Crippen molar-refractivity contribution >= 4 is 11.7 Å². The van der Waals surface area contributed by atoms with Crippen molar-refractivity contribution in [3.63, 3.8) is 0 Å². The van der Waals surface area contributed by atoms with Gasteiger partial charge in [-0.15, -0.1) is 0 Å². The van der Waals surface area contributed by atoms with Crippen LogP contribution in [0.15, 0.2) is 36.5 Å². The third kappa shape index (κ3) is 4.10. The maximum Gasteiger partial charge on any atom is 0.223 e. The number of aryl methyl sites for hydroxylation is 2. The van der Waals surface area contributed by atoms with Gasteiger partial charge >= 0.3 is 0 Å². The van der Waals surface area contributed by atoms with Gasteiger partial charge in [0, 0.05) is 38.2 Å². The highest BCUT2D eigenvalue weighted by Crippen LogP contribution is 2.19. The Morgan fingerprint density at radius 1 is 1.25 bits per heavy atom. The summed E-state index contributed by atoms with van der Waals surface area (Å²) >= 11 is 0. The van der Waals surface area contributed by atoms with Crippen LogP contribution in [0.5, 0.6) is 0 Å². The fourth-order valence-electron chi connectivity index (χ4n) is 3.06. The van der Waals surface area contributed by atoms with E-state index >= 15 is 0 Å². The van der Waals surface area contributed by atoms with Gasteiger partial charge in [0.2, 0.25) is 5.91 Å². The molecule has 0 spiro atoms. The van der Waals surface area contributed by atoms with Crippen LogP contribution in [0.4, 0.5) is 5.82 Å². The van der Waals surface area contributed by atoms with Gasteiger partial charge in [0.25, 0.3) is 0 Å². The molecule has 5 nitrogen and oxygen atoms in total. The fourth-order valence-corrected chi connectivity index (χ4v) is 3.06. The van der Waals surface area contributed by atoms with Crippen molar-refractivity contribution in [2.24, 2.45) is 5.92 Å². The molecule has 1 amide bonds. The minimum absolute atomic E-state index is 0.254. The van der Waals surface area contributed by atoms with Gasteiger partial charge in [-0.05, 0) is 25.8 Å². The Labute approximate surface area is 143 Å². The van der Waals surface area contributed by atoms with Crippen LogP contribution in [0.3, 0.4) is 0 Å². The van der Waals surface area contributed by atoms with E-state index in [0.717, 1.165) is 43.3 Å². The number of hydrogen-bond acceptors (Lipinski definition) is 4. The number of benzene rings is 1. The standard InChI is InChI=1S/C19H24N4O/c1-14-11-20-15(2)19(22-14)21-12-17-10-18(24)23(13-17)9-8-16-6-4-3-5-7-16/h3-7,11,17H,8-10,12-13H2,1-2H3,(H,21,22). The van der Waals surface area contributed by atoms with E-state index in [1.165, 1.54) is 5.56 Å². The summed E-state index contributed by atoms with van der Waals surface area (Å²) in [6, 6.07) is 10.3. The molecule has 126 valence electrons. The van der Waals surface area contributed by atoms with Crippen LogP contribution in [0.2, 0.25) is 0 Å². The van der Waals surface area contributed by atoms with Gasteiger partial charge in [-0.3, -0.25) is 9.78 Å². The van der Waals surface area contributed by atoms with Crippen LogP contribution >= 0.6 is 0 Å². The smallest absolute Gasteiger partial charge is 0.223 e. The zero-order valence-corrected chi connectivity index (χ0v) is 14.3. The molecule has 5 heteroatoms. The number of nitrogens with one attached hydrogen (secondary N) is 1. The van der Waals surface area contributed by atoms with Crippen molar-refractivity contribution in [2.45, 2.75) is 26.7 Å². The Morgan fingerprint density at radius 3 is 2.83 bits per heavy atom. The van der Waals surface area contributed by atoms with Gasteiger partial charge in [-0.25, -0.2) is 4.98 Å². The Morgan fingerprint density at radius 2 is 2.04 bits per heavy atom. The number of carbonyl (C=O) groups excluding carboxylic acids is 1. The molecule has 1 unspecified atom stereocenters. The number of aromatic nitrogens is 2. The van der Waals surface area contributed by atoms with E-state index in [0.29, 0.717) is 12.3 Å². The zero-order valence-electron chi connectivity index (χ0n) is 14.3. The van der Waals surface area contributed by atoms with Crippen molar-refractivity contribution in [3.8, 4) is 0 Å². The van der Waals surface area contributed by atoms with Crippen molar-refractivity contribution < 1.29 is 4.79 Å². The van der Waals surface area contributed by atoms with E-state index in [4.69, 9.17) is 0 Å². The summed E-state index contributed by atoms with van der Waals surface area (Å²) in [4.78, 5) is 23.0. The molecule has 1 fully saturated rings. The quantitative estimate of drug-likeness (QED) is 0.887. The van der Waals surface area contributed by atoms with Crippen LogP contribution in [0.1, 0.15) is 23.4 Å². The Hall–Kier alpha value is -2.43. The highest BCUT2D eigenvalue weighted by Gasteiger charge is 2.29. The van der Waals surface area contributed by atoms with Crippen LogP contribution in [-0.2, 0) is 11.2 Å². The molecule has 0 aliphatic carbocycles. The summed E-state index contributed by atoms with van der Waals surface area (Å²) in [7, 11) is 0. The summed E-state index contributed by atoms with van der Waals surface area (Å²) in [5, 5.41) is 3.36. The van der Waals surface area contributed by atoms with Gasteiger partial charge in [0.05, 0.1) is 11.4 Å². The second kappa shape index (κ2) is 7.43. The first kappa shape index (κ1) is 16.4. The molecule has 1 aromatic heterocycles. The lowest BCUT2D eigenvalue weighted by atomic mass is 10.1. The molecule has 3 rings (SSSR count). The van der Waals surface area contributed by atoms with Crippen LogP contribution in [0, 0.1) is 19.8 Å². The van der Waals surface area contributed by atoms with Gasteiger partial charge in [0.1, 0.15) is 5.82 Å². The van der Waals surface area contributed by atoms with Gasteiger partial charge in [-0.2, -0.15) is 0 Å². The molecule has 24 heavy (non-hydrogen) atoms. The second-order valence-corrected chi connectivity index (χ2v) is 6.47. The van der Waals surface area contributed by atoms with E-state index in [9.17, 15) is 4.79 Å². The summed E-state index contributed by atoms with van der Waals surface area (Å²) in [5.41, 5.74) is 3.07. The molecule has 1 aliphatic heterocycles. The van der Waals surface area contributed by atoms with Crippen molar-refractivity contribution in [2.75, 3.05) is 25.0 Å². The first-order valence-electron chi connectivity index (χ1n) is 8.47. The van der Waals surface area contributed by atoms with E-state index < -0.39 is 0 Å². The predicted molar refractivity (Wildman–Crippen MR) is 94.8 cm³/mol. The van der Waals surface area contributed by atoms with Gasteiger partial charge in [0.15, 0.2) is 0 Å². The van der Waals surface area contributed by atoms with Crippen LogP contribution in [0.25, 0.3) is 0 Å². The lowest BCUT2D eigenvalue weighted by molar-refractivity contribution is -0.127. The molecule has 1 N–H and O–H groups in total. The summed E-state index contributed by atoms with van der Waals surface area (Å²) in [5.74, 6) is 1.41. The van der Waals surface area contributed by atoms with Crippen LogP contribution in [-0.4, -0.2) is 40.4 Å². The Balaban J connectivity index is 1.50. The molecule has 1 atom stereocenters. The molecular formula is C19H24N4O. The lowest BCUT2D eigenvalue weighted by Gasteiger charge is -2.17. The molecule has 0 radical (unpaired) electrons. The van der Waals surface area contributed by atoms with Crippen molar-refractivity contribution in [3.05, 3.63) is 53.5 Å². The highest BCUT2D eigenvalue weighted by atomic mass is 16.2. The summed E-state index contributed by atoms with van der Waals surface area (Å²) in [6.07, 6.45) is 3.29.